The Labute approximate surface area is 223 Å². The molecule has 1 aliphatic heterocycles. The van der Waals surface area contributed by atoms with Gasteiger partial charge in [-0.2, -0.15) is 0 Å². The maximum absolute atomic E-state index is 14.6. The zero-order valence-electron chi connectivity index (χ0n) is 20.9. The lowest BCUT2D eigenvalue weighted by Gasteiger charge is -2.41. The van der Waals surface area contributed by atoms with Crippen LogP contribution in [-0.2, 0) is 16.1 Å². The van der Waals surface area contributed by atoms with Gasteiger partial charge in [-0.1, -0.05) is 23.7 Å². The van der Waals surface area contributed by atoms with Gasteiger partial charge < -0.3 is 19.3 Å². The number of amides is 1. The van der Waals surface area contributed by atoms with Crippen LogP contribution < -0.4 is 4.90 Å². The van der Waals surface area contributed by atoms with E-state index in [2.05, 4.69) is 20.8 Å². The van der Waals surface area contributed by atoms with Gasteiger partial charge in [0.25, 0.3) is 0 Å². The molecule has 3 aromatic rings. The fraction of sp³-hybridized carbons (Fsp3) is 0.423. The second kappa shape index (κ2) is 10.5. The van der Waals surface area contributed by atoms with Crippen LogP contribution >= 0.6 is 27.5 Å². The number of halogens is 3. The minimum atomic E-state index is -0.561. The van der Waals surface area contributed by atoms with E-state index in [1.54, 1.807) is 36.3 Å². The van der Waals surface area contributed by atoms with Crippen LogP contribution in [-0.4, -0.2) is 59.3 Å². The van der Waals surface area contributed by atoms with Gasteiger partial charge in [-0.3, -0.25) is 0 Å². The van der Waals surface area contributed by atoms with Gasteiger partial charge in [0.2, 0.25) is 0 Å². The zero-order valence-corrected chi connectivity index (χ0v) is 23.3. The lowest BCUT2D eigenvalue weighted by atomic mass is 10.1. The maximum atomic E-state index is 14.6. The molecule has 1 aromatic carbocycles. The Morgan fingerprint density at radius 2 is 1.97 bits per heavy atom. The lowest BCUT2D eigenvalue weighted by molar-refractivity contribution is 0.0218. The van der Waals surface area contributed by atoms with Crippen molar-refractivity contribution in [2.24, 2.45) is 0 Å². The van der Waals surface area contributed by atoms with E-state index >= 15 is 0 Å². The van der Waals surface area contributed by atoms with Gasteiger partial charge in [-0.25, -0.2) is 19.2 Å². The highest BCUT2D eigenvalue weighted by molar-refractivity contribution is 9.10. The van der Waals surface area contributed by atoms with Crippen molar-refractivity contribution in [1.29, 1.82) is 0 Å². The van der Waals surface area contributed by atoms with Crippen molar-refractivity contribution in [3.63, 3.8) is 0 Å². The number of anilines is 1. The standard InChI is InChI=1S/C26H29BrClFN4O3/c1-15-13-32(25(34)36-26(2,3)4)10-11-33(15)24-17-12-18(28)22(16-8-6-7-9-19(16)29)31-23(17)21(27)20(30-24)14-35-5/h6-9,12,15H,10-11,13-14H2,1-5H3/t15-/m0/s1. The van der Waals surface area contributed by atoms with E-state index in [4.69, 9.17) is 31.0 Å². The second-order valence-electron chi connectivity index (χ2n) is 9.79. The van der Waals surface area contributed by atoms with Crippen molar-refractivity contribution < 1.29 is 18.7 Å². The summed E-state index contributed by atoms with van der Waals surface area (Å²) < 4.78 is 26.2. The highest BCUT2D eigenvalue weighted by atomic mass is 79.9. The molecule has 0 unspecified atom stereocenters. The molecule has 192 valence electrons. The fourth-order valence-electron chi connectivity index (χ4n) is 4.26. The van der Waals surface area contributed by atoms with Gasteiger partial charge >= 0.3 is 6.09 Å². The Balaban J connectivity index is 1.77. The van der Waals surface area contributed by atoms with Crippen LogP contribution in [0.25, 0.3) is 22.2 Å². The number of hydrogen-bond acceptors (Lipinski definition) is 6. The average molecular weight is 580 g/mol. The molecule has 1 amide bonds. The summed E-state index contributed by atoms with van der Waals surface area (Å²) >= 11 is 10.3. The number of fused-ring (bicyclic) bond motifs is 1. The minimum Gasteiger partial charge on any atom is -0.444 e. The Kier molecular flexibility index (Phi) is 7.73. The molecule has 3 heterocycles. The molecular weight excluding hydrogens is 551 g/mol. The van der Waals surface area contributed by atoms with Gasteiger partial charge in [0.1, 0.15) is 17.2 Å². The number of nitrogens with zero attached hydrogens (tertiary/aromatic N) is 4. The first-order chi connectivity index (χ1) is 17.0. The Hall–Kier alpha value is -2.49. The summed E-state index contributed by atoms with van der Waals surface area (Å²) in [4.78, 5) is 26.2. The minimum absolute atomic E-state index is 0.0523. The van der Waals surface area contributed by atoms with Crippen molar-refractivity contribution in [3.8, 4) is 11.3 Å². The van der Waals surface area contributed by atoms with E-state index < -0.39 is 11.4 Å². The fourth-order valence-corrected chi connectivity index (χ4v) is 5.02. The van der Waals surface area contributed by atoms with Crippen molar-refractivity contribution in [3.05, 3.63) is 51.3 Å². The van der Waals surface area contributed by atoms with E-state index in [0.717, 1.165) is 5.39 Å². The number of hydrogen-bond donors (Lipinski definition) is 0. The summed E-state index contributed by atoms with van der Waals surface area (Å²) in [5.74, 6) is 0.284. The Bertz CT molecular complexity index is 1300. The number of piperazine rings is 1. The van der Waals surface area contributed by atoms with E-state index in [1.807, 2.05) is 27.7 Å². The lowest BCUT2D eigenvalue weighted by Crippen LogP contribution is -2.55. The van der Waals surface area contributed by atoms with Crippen molar-refractivity contribution >= 4 is 50.3 Å². The van der Waals surface area contributed by atoms with Crippen LogP contribution in [0.15, 0.2) is 34.8 Å². The van der Waals surface area contributed by atoms with E-state index in [0.29, 0.717) is 57.4 Å². The number of benzene rings is 1. The number of methoxy groups -OCH3 is 1. The summed E-state index contributed by atoms with van der Waals surface area (Å²) in [6.07, 6.45) is -0.332. The summed E-state index contributed by atoms with van der Waals surface area (Å²) in [6.45, 7) is 9.35. The molecule has 0 bridgehead atoms. The molecule has 2 aromatic heterocycles. The number of aromatic nitrogens is 2. The average Bonchev–Trinajstić information content (AvgIpc) is 2.80. The third kappa shape index (κ3) is 5.43. The summed E-state index contributed by atoms with van der Waals surface area (Å²) in [6, 6.07) is 8.13. The summed E-state index contributed by atoms with van der Waals surface area (Å²) in [5.41, 5.74) is 1.38. The Morgan fingerprint density at radius 1 is 1.25 bits per heavy atom. The molecule has 36 heavy (non-hydrogen) atoms. The molecule has 1 fully saturated rings. The van der Waals surface area contributed by atoms with Crippen LogP contribution in [0.2, 0.25) is 5.02 Å². The van der Waals surface area contributed by atoms with Crippen LogP contribution in [0.1, 0.15) is 33.4 Å². The van der Waals surface area contributed by atoms with Crippen molar-refractivity contribution in [1.82, 2.24) is 14.9 Å². The molecule has 0 saturated carbocycles. The van der Waals surface area contributed by atoms with Crippen LogP contribution in [0.3, 0.4) is 0 Å². The topological polar surface area (TPSA) is 67.8 Å². The highest BCUT2D eigenvalue weighted by Crippen LogP contribution is 2.39. The first-order valence-electron chi connectivity index (χ1n) is 11.7. The van der Waals surface area contributed by atoms with Gasteiger partial charge in [-0.05, 0) is 61.8 Å². The third-order valence-corrected chi connectivity index (χ3v) is 7.00. The number of carbonyl (C=O) groups is 1. The monoisotopic (exact) mass is 578 g/mol. The molecule has 0 spiro atoms. The molecule has 4 rings (SSSR count). The highest BCUT2D eigenvalue weighted by Gasteiger charge is 2.32. The number of pyridine rings is 2. The summed E-state index contributed by atoms with van der Waals surface area (Å²) in [5, 5.41) is 1.05. The second-order valence-corrected chi connectivity index (χ2v) is 11.0. The SMILES string of the molecule is COCc1nc(N2CCN(C(=O)OC(C)(C)C)C[C@@H]2C)c2cc(Cl)c(-c3ccccc3F)nc2c1Br. The predicted molar refractivity (Wildman–Crippen MR) is 143 cm³/mol. The van der Waals surface area contributed by atoms with Crippen LogP contribution in [0, 0.1) is 5.82 Å². The molecule has 0 N–H and O–H groups in total. The van der Waals surface area contributed by atoms with E-state index in [1.165, 1.54) is 6.07 Å². The van der Waals surface area contributed by atoms with Crippen molar-refractivity contribution in [2.45, 2.75) is 45.9 Å². The first kappa shape index (κ1) is 26.6. The molecule has 0 aliphatic carbocycles. The third-order valence-electron chi connectivity index (χ3n) is 5.88. The van der Waals surface area contributed by atoms with Crippen molar-refractivity contribution in [2.75, 3.05) is 31.6 Å². The van der Waals surface area contributed by atoms with E-state index in [9.17, 15) is 9.18 Å². The summed E-state index contributed by atoms with van der Waals surface area (Å²) in [7, 11) is 1.60. The number of carbonyl (C=O) groups excluding carboxylic acids is 1. The normalized spacial score (nSPS) is 16.5. The van der Waals surface area contributed by atoms with Gasteiger partial charge in [-0.15, -0.1) is 0 Å². The number of ether oxygens (including phenoxy) is 2. The maximum Gasteiger partial charge on any atom is 0.410 e. The smallest absolute Gasteiger partial charge is 0.410 e. The molecule has 10 heteroatoms. The largest absolute Gasteiger partial charge is 0.444 e. The van der Waals surface area contributed by atoms with Gasteiger partial charge in [0.05, 0.1) is 33.0 Å². The van der Waals surface area contributed by atoms with Crippen LogP contribution in [0.4, 0.5) is 15.0 Å². The molecule has 1 atom stereocenters. The molecule has 1 aliphatic rings. The molecule has 0 radical (unpaired) electrons. The number of rotatable bonds is 4. The molecule has 7 nitrogen and oxygen atoms in total. The zero-order chi connectivity index (χ0) is 26.2. The molecular formula is C26H29BrClFN4O3. The quantitative estimate of drug-likeness (QED) is 0.354. The molecule has 1 saturated heterocycles. The predicted octanol–water partition coefficient (Wildman–Crippen LogP) is 6.44. The Morgan fingerprint density at radius 3 is 2.61 bits per heavy atom. The van der Waals surface area contributed by atoms with E-state index in [-0.39, 0.29) is 18.7 Å². The van der Waals surface area contributed by atoms with Gasteiger partial charge in [0.15, 0.2) is 0 Å². The van der Waals surface area contributed by atoms with Crippen LogP contribution in [0.5, 0.6) is 0 Å². The van der Waals surface area contributed by atoms with Gasteiger partial charge in [0, 0.05) is 43.7 Å². The first-order valence-corrected chi connectivity index (χ1v) is 12.8.